The fourth-order valence-corrected chi connectivity index (χ4v) is 3.27. The average molecular weight is 348 g/mol. The maximum atomic E-state index is 4.77. The van der Waals surface area contributed by atoms with Crippen LogP contribution in [0.1, 0.15) is 6.42 Å². The number of rotatable bonds is 2. The van der Waals surface area contributed by atoms with E-state index in [0.29, 0.717) is 0 Å². The topological polar surface area (TPSA) is 49.4 Å². The van der Waals surface area contributed by atoms with E-state index in [0.717, 1.165) is 57.6 Å². The summed E-state index contributed by atoms with van der Waals surface area (Å²) in [5.41, 5.74) is 8.26. The van der Waals surface area contributed by atoms with Crippen LogP contribution >= 0.6 is 0 Å². The van der Waals surface area contributed by atoms with Crippen molar-refractivity contribution in [1.29, 1.82) is 0 Å². The summed E-state index contributed by atoms with van der Waals surface area (Å²) in [5, 5.41) is 0. The smallest absolute Gasteiger partial charge is 0.0694 e. The highest BCUT2D eigenvalue weighted by molar-refractivity contribution is 6.15. The number of aliphatic imine (C=N–C) groups is 4. The predicted molar refractivity (Wildman–Crippen MR) is 112 cm³/mol. The molecule has 5 heterocycles. The lowest BCUT2D eigenvalue weighted by molar-refractivity contribution is 1.22. The number of hydrogen-bond acceptors (Lipinski definition) is 4. The summed E-state index contributed by atoms with van der Waals surface area (Å²) in [6.07, 6.45) is 24.7. The van der Waals surface area contributed by atoms with E-state index in [9.17, 15) is 0 Å². The van der Waals surface area contributed by atoms with Crippen molar-refractivity contribution < 1.29 is 0 Å². The highest BCUT2D eigenvalue weighted by atomic mass is 14.8. The fraction of sp³-hybridized carbons (Fsp3) is 0.0435. The van der Waals surface area contributed by atoms with Gasteiger partial charge in [-0.3, -0.25) is 0 Å². The molecule has 0 aliphatic carbocycles. The summed E-state index contributed by atoms with van der Waals surface area (Å²) < 4.78 is 0. The van der Waals surface area contributed by atoms with E-state index in [1.807, 2.05) is 66.8 Å². The van der Waals surface area contributed by atoms with Gasteiger partial charge in [-0.2, -0.15) is 0 Å². The van der Waals surface area contributed by atoms with Gasteiger partial charge in [0.25, 0.3) is 0 Å². The van der Waals surface area contributed by atoms with Gasteiger partial charge in [-0.1, -0.05) is 6.08 Å². The second kappa shape index (κ2) is 6.25. The van der Waals surface area contributed by atoms with Crippen LogP contribution in [0, 0.1) is 0 Å². The molecule has 0 fully saturated rings. The SMILES string of the molecule is C=CCC1=CC2=NC1=CC1=NC(=CC3=NC(=CC4=NC(=C2)C=C4)C=C3)C=C1. The van der Waals surface area contributed by atoms with Crippen molar-refractivity contribution in [3.63, 3.8) is 0 Å². The van der Waals surface area contributed by atoms with Gasteiger partial charge in [0.1, 0.15) is 0 Å². The summed E-state index contributed by atoms with van der Waals surface area (Å²) in [4.78, 5) is 18.7. The summed E-state index contributed by atoms with van der Waals surface area (Å²) in [7, 11) is 0. The molecule has 0 saturated heterocycles. The molecule has 0 spiro atoms. The van der Waals surface area contributed by atoms with Crippen molar-refractivity contribution in [2.45, 2.75) is 6.42 Å². The summed E-state index contributed by atoms with van der Waals surface area (Å²) in [5.74, 6) is 0. The van der Waals surface area contributed by atoms with E-state index in [4.69, 9.17) is 4.99 Å². The summed E-state index contributed by atoms with van der Waals surface area (Å²) in [6, 6.07) is 0. The average Bonchev–Trinajstić information content (AvgIpc) is 3.41. The molecule has 5 rings (SSSR count). The molecule has 27 heavy (non-hydrogen) atoms. The van der Waals surface area contributed by atoms with Crippen LogP contribution < -0.4 is 0 Å². The number of hydrogen-bond donors (Lipinski definition) is 0. The summed E-state index contributed by atoms with van der Waals surface area (Å²) >= 11 is 0. The van der Waals surface area contributed by atoms with Crippen LogP contribution in [0.2, 0.25) is 0 Å². The van der Waals surface area contributed by atoms with Gasteiger partial charge in [-0.15, -0.1) is 6.58 Å². The molecule has 4 nitrogen and oxygen atoms in total. The molecular formula is C23H16N4. The monoisotopic (exact) mass is 348 g/mol. The Bertz CT molecular complexity index is 1130. The number of allylic oxidation sites excluding steroid dienone is 13. The molecule has 128 valence electrons. The lowest BCUT2D eigenvalue weighted by atomic mass is 10.1. The van der Waals surface area contributed by atoms with Gasteiger partial charge in [0.2, 0.25) is 0 Å². The van der Waals surface area contributed by atoms with Gasteiger partial charge in [0.05, 0.1) is 45.6 Å². The molecule has 4 heteroatoms. The minimum atomic E-state index is 0.764. The Morgan fingerprint density at radius 3 is 1.67 bits per heavy atom. The first-order chi connectivity index (χ1) is 13.2. The molecule has 0 saturated carbocycles. The van der Waals surface area contributed by atoms with Crippen molar-refractivity contribution >= 4 is 22.8 Å². The first kappa shape index (κ1) is 15.6. The molecule has 0 unspecified atom stereocenters. The Balaban J connectivity index is 1.65. The van der Waals surface area contributed by atoms with Gasteiger partial charge >= 0.3 is 0 Å². The van der Waals surface area contributed by atoms with Gasteiger partial charge < -0.3 is 0 Å². The Labute approximate surface area is 157 Å². The zero-order valence-corrected chi connectivity index (χ0v) is 14.6. The lowest BCUT2D eigenvalue weighted by Gasteiger charge is -1.99. The molecule has 5 aliphatic rings. The van der Waals surface area contributed by atoms with Crippen molar-refractivity contribution in [3.05, 3.63) is 108 Å². The maximum Gasteiger partial charge on any atom is 0.0694 e. The van der Waals surface area contributed by atoms with Crippen LogP contribution in [0.5, 0.6) is 0 Å². The van der Waals surface area contributed by atoms with E-state index >= 15 is 0 Å². The van der Waals surface area contributed by atoms with Gasteiger partial charge in [-0.05, 0) is 78.8 Å². The quantitative estimate of drug-likeness (QED) is 0.659. The van der Waals surface area contributed by atoms with E-state index in [1.165, 1.54) is 0 Å². The molecule has 0 N–H and O–H groups in total. The Kier molecular flexibility index (Phi) is 3.61. The minimum Gasteiger partial charge on any atom is -0.249 e. The predicted octanol–water partition coefficient (Wildman–Crippen LogP) is 4.53. The zero-order chi connectivity index (χ0) is 18.2. The Morgan fingerprint density at radius 2 is 1.11 bits per heavy atom. The highest BCUT2D eigenvalue weighted by Gasteiger charge is 2.15. The molecule has 5 aliphatic heterocycles. The van der Waals surface area contributed by atoms with E-state index in [2.05, 4.69) is 27.6 Å². The first-order valence-electron chi connectivity index (χ1n) is 8.83. The molecule has 0 atom stereocenters. The van der Waals surface area contributed by atoms with Gasteiger partial charge in [-0.25, -0.2) is 20.0 Å². The third kappa shape index (κ3) is 3.13. The third-order valence-electron chi connectivity index (χ3n) is 4.49. The zero-order valence-electron chi connectivity index (χ0n) is 14.6. The maximum absolute atomic E-state index is 4.77. The molecule has 0 aromatic heterocycles. The normalized spacial score (nSPS) is 21.7. The van der Waals surface area contributed by atoms with Crippen LogP contribution in [-0.4, -0.2) is 22.8 Å². The van der Waals surface area contributed by atoms with Crippen molar-refractivity contribution in [1.82, 2.24) is 0 Å². The van der Waals surface area contributed by atoms with Crippen molar-refractivity contribution in [2.24, 2.45) is 20.0 Å². The molecular weight excluding hydrogens is 332 g/mol. The fourth-order valence-electron chi connectivity index (χ4n) is 3.27. The molecule has 0 amide bonds. The van der Waals surface area contributed by atoms with Gasteiger partial charge in [0.15, 0.2) is 0 Å². The van der Waals surface area contributed by atoms with E-state index in [1.54, 1.807) is 0 Å². The molecule has 0 aromatic carbocycles. The van der Waals surface area contributed by atoms with Crippen LogP contribution in [0.25, 0.3) is 0 Å². The molecule has 0 radical (unpaired) electrons. The van der Waals surface area contributed by atoms with Gasteiger partial charge in [0, 0.05) is 0 Å². The Morgan fingerprint density at radius 1 is 0.593 bits per heavy atom. The van der Waals surface area contributed by atoms with Crippen LogP contribution in [0.4, 0.5) is 0 Å². The summed E-state index contributed by atoms with van der Waals surface area (Å²) in [6.45, 7) is 3.86. The molecule has 0 aromatic rings. The van der Waals surface area contributed by atoms with Crippen LogP contribution in [0.3, 0.4) is 0 Å². The van der Waals surface area contributed by atoms with Crippen LogP contribution in [0.15, 0.2) is 128 Å². The lowest BCUT2D eigenvalue weighted by Crippen LogP contribution is -1.90. The van der Waals surface area contributed by atoms with E-state index < -0.39 is 0 Å². The van der Waals surface area contributed by atoms with Crippen LogP contribution in [-0.2, 0) is 0 Å². The van der Waals surface area contributed by atoms with Crippen molar-refractivity contribution in [2.75, 3.05) is 0 Å². The minimum absolute atomic E-state index is 0.764. The second-order valence-electron chi connectivity index (χ2n) is 6.55. The molecule has 8 bridgehead atoms. The number of fused-ring (bicyclic) bond motifs is 4. The standard InChI is InChI=1S/C23H16N4/c1-2-3-15-10-22-13-20-7-6-18(25-20)11-16-4-5-17(24-16)12-19-8-9-21(26-19)14-23(15)27-22/h2,4-14H,1,3H2. The second-order valence-corrected chi connectivity index (χ2v) is 6.55. The van der Waals surface area contributed by atoms with Crippen molar-refractivity contribution in [3.8, 4) is 0 Å². The van der Waals surface area contributed by atoms with E-state index in [-0.39, 0.29) is 0 Å². The number of nitrogens with zero attached hydrogens (tertiary/aromatic N) is 4. The Hall–Kier alpha value is -3.66. The first-order valence-corrected chi connectivity index (χ1v) is 8.83. The highest BCUT2D eigenvalue weighted by Crippen LogP contribution is 2.26. The third-order valence-corrected chi connectivity index (χ3v) is 4.49. The largest absolute Gasteiger partial charge is 0.249 e.